The third-order valence-corrected chi connectivity index (χ3v) is 5.13. The first-order chi connectivity index (χ1) is 11.4. The molecule has 0 atom stereocenters. The molecule has 6 nitrogen and oxygen atoms in total. The smallest absolute Gasteiger partial charge is 0.254 e. The van der Waals surface area contributed by atoms with Gasteiger partial charge in [0.05, 0.1) is 15.2 Å². The maximum atomic E-state index is 4.74. The van der Waals surface area contributed by atoms with Crippen molar-refractivity contribution in [2.24, 2.45) is 0 Å². The highest BCUT2D eigenvalue weighted by molar-refractivity contribution is 7.18. The highest BCUT2D eigenvalue weighted by Gasteiger charge is 2.18. The van der Waals surface area contributed by atoms with Gasteiger partial charge >= 0.3 is 0 Å². The number of anilines is 2. The molecule has 0 aliphatic heterocycles. The Bertz CT molecular complexity index is 1040. The van der Waals surface area contributed by atoms with Gasteiger partial charge < -0.3 is 5.32 Å². The molecule has 24 heavy (non-hydrogen) atoms. The molecule has 0 spiro atoms. The third-order valence-electron chi connectivity index (χ3n) is 3.68. The lowest BCUT2D eigenvalue weighted by Gasteiger charge is -2.13. The van der Waals surface area contributed by atoms with Crippen LogP contribution in [0.15, 0.2) is 30.6 Å². The number of nitrogens with one attached hydrogen (secondary N) is 1. The molecule has 4 rings (SSSR count). The molecule has 0 saturated heterocycles. The second kappa shape index (κ2) is 5.24. The molecular formula is C17H18N6S. The fourth-order valence-corrected chi connectivity index (χ4v) is 3.55. The largest absolute Gasteiger partial charge is 0.340 e. The zero-order valence-electron chi connectivity index (χ0n) is 14.0. The molecule has 0 aliphatic rings. The van der Waals surface area contributed by atoms with E-state index in [4.69, 9.17) is 4.98 Å². The Labute approximate surface area is 143 Å². The first kappa shape index (κ1) is 15.0. The quantitative estimate of drug-likeness (QED) is 0.596. The predicted octanol–water partition coefficient (Wildman–Crippen LogP) is 4.08. The van der Waals surface area contributed by atoms with E-state index >= 15 is 0 Å². The molecule has 0 bridgehead atoms. The van der Waals surface area contributed by atoms with Crippen LogP contribution in [-0.4, -0.2) is 24.6 Å². The summed E-state index contributed by atoms with van der Waals surface area (Å²) < 4.78 is 2.87. The van der Waals surface area contributed by atoms with Gasteiger partial charge in [0.2, 0.25) is 0 Å². The summed E-state index contributed by atoms with van der Waals surface area (Å²) >= 11 is 1.74. The van der Waals surface area contributed by atoms with Gasteiger partial charge in [-0.25, -0.2) is 9.97 Å². The summed E-state index contributed by atoms with van der Waals surface area (Å²) in [6.07, 6.45) is 1.51. The van der Waals surface area contributed by atoms with Crippen molar-refractivity contribution < 1.29 is 0 Å². The minimum Gasteiger partial charge on any atom is -0.340 e. The molecule has 122 valence electrons. The topological polar surface area (TPSA) is 68.0 Å². The molecule has 0 amide bonds. The lowest BCUT2D eigenvalue weighted by Crippen LogP contribution is -2.09. The maximum Gasteiger partial charge on any atom is 0.254 e. The Kier molecular flexibility index (Phi) is 3.28. The van der Waals surface area contributed by atoms with E-state index in [0.29, 0.717) is 5.78 Å². The van der Waals surface area contributed by atoms with Gasteiger partial charge in [-0.1, -0.05) is 20.8 Å². The fraction of sp³-hybridized carbons (Fsp3) is 0.294. The molecule has 1 aromatic carbocycles. The summed E-state index contributed by atoms with van der Waals surface area (Å²) in [5.74, 6) is 1.43. The molecule has 4 aromatic rings. The van der Waals surface area contributed by atoms with Crippen LogP contribution in [0.3, 0.4) is 0 Å². The molecule has 1 N–H and O–H groups in total. The summed E-state index contributed by atoms with van der Waals surface area (Å²) in [7, 11) is 0. The number of hydrogen-bond acceptors (Lipinski definition) is 6. The number of aromatic nitrogens is 5. The summed E-state index contributed by atoms with van der Waals surface area (Å²) in [4.78, 5) is 13.3. The third kappa shape index (κ3) is 2.60. The summed E-state index contributed by atoms with van der Waals surface area (Å²) in [5, 5.41) is 8.79. The van der Waals surface area contributed by atoms with Crippen molar-refractivity contribution in [3.05, 3.63) is 41.3 Å². The number of benzene rings is 1. The van der Waals surface area contributed by atoms with Crippen LogP contribution in [0.2, 0.25) is 0 Å². The number of nitrogens with zero attached hydrogens (tertiary/aromatic N) is 5. The Morgan fingerprint density at radius 3 is 2.75 bits per heavy atom. The van der Waals surface area contributed by atoms with Gasteiger partial charge in [-0.3, -0.25) is 0 Å². The number of hydrogen-bond donors (Lipinski definition) is 1. The van der Waals surface area contributed by atoms with Crippen molar-refractivity contribution in [2.75, 3.05) is 5.32 Å². The molecule has 0 aliphatic carbocycles. The van der Waals surface area contributed by atoms with Crippen molar-refractivity contribution in [3.63, 3.8) is 0 Å². The fourth-order valence-electron chi connectivity index (χ4n) is 2.49. The van der Waals surface area contributed by atoms with Gasteiger partial charge in [0.1, 0.15) is 12.1 Å². The average molecular weight is 338 g/mol. The van der Waals surface area contributed by atoms with Crippen LogP contribution in [0.1, 0.15) is 31.5 Å². The van der Waals surface area contributed by atoms with Gasteiger partial charge in [0.15, 0.2) is 0 Å². The number of rotatable bonds is 2. The number of aryl methyl sites for hydroxylation is 1. The van der Waals surface area contributed by atoms with E-state index in [-0.39, 0.29) is 5.41 Å². The Morgan fingerprint density at radius 2 is 1.96 bits per heavy atom. The second-order valence-corrected chi connectivity index (χ2v) is 7.86. The van der Waals surface area contributed by atoms with Crippen molar-refractivity contribution >= 4 is 38.8 Å². The SMILES string of the molecule is Cc1cc(Nc2ccc3nc(C(C)(C)C)sc3c2)n2ncnc2n1. The molecule has 0 fully saturated rings. The van der Waals surface area contributed by atoms with Crippen LogP contribution in [0, 0.1) is 6.92 Å². The molecule has 0 saturated carbocycles. The van der Waals surface area contributed by atoms with Crippen LogP contribution >= 0.6 is 11.3 Å². The molecule has 3 aromatic heterocycles. The summed E-state index contributed by atoms with van der Waals surface area (Å²) in [6.45, 7) is 8.50. The summed E-state index contributed by atoms with van der Waals surface area (Å²) in [6, 6.07) is 8.17. The zero-order valence-corrected chi connectivity index (χ0v) is 14.8. The van der Waals surface area contributed by atoms with Crippen molar-refractivity contribution in [2.45, 2.75) is 33.1 Å². The normalized spacial score (nSPS) is 12.2. The van der Waals surface area contributed by atoms with Crippen molar-refractivity contribution in [1.29, 1.82) is 0 Å². The highest BCUT2D eigenvalue weighted by atomic mass is 32.1. The molecule has 0 radical (unpaired) electrons. The van der Waals surface area contributed by atoms with Gasteiger partial charge in [-0.05, 0) is 25.1 Å². The number of thiazole rings is 1. The maximum absolute atomic E-state index is 4.74. The Balaban J connectivity index is 1.75. The minimum atomic E-state index is 0.0619. The second-order valence-electron chi connectivity index (χ2n) is 6.83. The monoisotopic (exact) mass is 338 g/mol. The van der Waals surface area contributed by atoms with Crippen molar-refractivity contribution in [1.82, 2.24) is 24.6 Å². The van der Waals surface area contributed by atoms with E-state index in [1.165, 1.54) is 11.0 Å². The van der Waals surface area contributed by atoms with Crippen LogP contribution in [-0.2, 0) is 5.41 Å². The predicted molar refractivity (Wildman–Crippen MR) is 97.1 cm³/mol. The zero-order chi connectivity index (χ0) is 16.9. The standard InChI is InChI=1S/C17H18N6S/c1-10-7-14(23-16(20-10)18-9-19-23)21-11-5-6-12-13(8-11)24-15(22-12)17(2,3)4/h5-9,21H,1-4H3. The Morgan fingerprint density at radius 1 is 1.12 bits per heavy atom. The average Bonchev–Trinajstić information content (AvgIpc) is 3.12. The van der Waals surface area contributed by atoms with Crippen LogP contribution < -0.4 is 5.32 Å². The van der Waals surface area contributed by atoms with Crippen LogP contribution in [0.25, 0.3) is 16.0 Å². The molecule has 7 heteroatoms. The van der Waals surface area contributed by atoms with E-state index in [1.54, 1.807) is 15.9 Å². The highest BCUT2D eigenvalue weighted by Crippen LogP contribution is 2.33. The van der Waals surface area contributed by atoms with Crippen molar-refractivity contribution in [3.8, 4) is 0 Å². The molecular weight excluding hydrogens is 320 g/mol. The first-order valence-electron chi connectivity index (χ1n) is 7.76. The van der Waals surface area contributed by atoms with Crippen LogP contribution in [0.5, 0.6) is 0 Å². The first-order valence-corrected chi connectivity index (χ1v) is 8.57. The summed E-state index contributed by atoms with van der Waals surface area (Å²) in [5.41, 5.74) is 2.99. The molecule has 0 unspecified atom stereocenters. The van der Waals surface area contributed by atoms with Gasteiger partial charge in [0.25, 0.3) is 5.78 Å². The van der Waals surface area contributed by atoms with Gasteiger partial charge in [-0.2, -0.15) is 14.6 Å². The number of fused-ring (bicyclic) bond motifs is 2. The Hall–Kier alpha value is -2.54. The minimum absolute atomic E-state index is 0.0619. The molecule has 3 heterocycles. The van der Waals surface area contributed by atoms with E-state index in [9.17, 15) is 0 Å². The van der Waals surface area contributed by atoms with E-state index in [1.807, 2.05) is 19.1 Å². The van der Waals surface area contributed by atoms with Gasteiger partial charge in [-0.15, -0.1) is 11.3 Å². The lowest BCUT2D eigenvalue weighted by atomic mass is 9.98. The van der Waals surface area contributed by atoms with E-state index in [0.717, 1.165) is 27.7 Å². The van der Waals surface area contributed by atoms with Gasteiger partial charge in [0, 0.05) is 22.9 Å². The van der Waals surface area contributed by atoms with E-state index in [2.05, 4.69) is 53.3 Å². The van der Waals surface area contributed by atoms with Crippen LogP contribution in [0.4, 0.5) is 11.5 Å². The lowest BCUT2D eigenvalue weighted by molar-refractivity contribution is 0.587. The van der Waals surface area contributed by atoms with E-state index < -0.39 is 0 Å².